The molecule has 2 N–H and O–H groups in total. The number of hydrogen-bond acceptors (Lipinski definition) is 6. The largest absolute Gasteiger partial charge is 0.487 e. The van der Waals surface area contributed by atoms with Crippen LogP contribution in [0.25, 0.3) is 17.0 Å². The van der Waals surface area contributed by atoms with E-state index in [0.29, 0.717) is 38.8 Å². The highest BCUT2D eigenvalue weighted by molar-refractivity contribution is 6.38. The van der Waals surface area contributed by atoms with Crippen molar-refractivity contribution in [3.63, 3.8) is 0 Å². The minimum atomic E-state index is -1.14. The zero-order chi connectivity index (χ0) is 32.7. The van der Waals surface area contributed by atoms with E-state index in [2.05, 4.69) is 10.3 Å². The second kappa shape index (κ2) is 14.7. The number of para-hydroxylation sites is 1. The average molecular weight is 650 g/mol. The lowest BCUT2D eigenvalue weighted by Crippen LogP contribution is -2.37. The van der Waals surface area contributed by atoms with Crippen LogP contribution >= 0.6 is 23.2 Å². The van der Waals surface area contributed by atoms with E-state index in [1.54, 1.807) is 36.4 Å². The maximum Gasteiger partial charge on any atom is 0.323 e. The highest BCUT2D eigenvalue weighted by Gasteiger charge is 2.20. The number of aryl methyl sites for hydroxylation is 1. The van der Waals surface area contributed by atoms with E-state index in [0.717, 1.165) is 16.0 Å². The number of hydrogen-bond donors (Lipinski definition) is 2. The molecule has 232 valence electrons. The van der Waals surface area contributed by atoms with Crippen LogP contribution in [-0.4, -0.2) is 53.9 Å². The lowest BCUT2D eigenvalue weighted by Gasteiger charge is -2.21. The van der Waals surface area contributed by atoms with Crippen LogP contribution < -0.4 is 19.9 Å². The molecule has 12 heteroatoms. The van der Waals surface area contributed by atoms with Gasteiger partial charge < -0.3 is 25.0 Å². The van der Waals surface area contributed by atoms with Gasteiger partial charge in [0.05, 0.1) is 17.3 Å². The van der Waals surface area contributed by atoms with Crippen LogP contribution in [0.15, 0.2) is 72.8 Å². The van der Waals surface area contributed by atoms with E-state index in [1.807, 2.05) is 37.3 Å². The summed E-state index contributed by atoms with van der Waals surface area (Å²) < 4.78 is 6.06. The molecule has 0 unspecified atom stereocenters. The number of pyridine rings is 1. The lowest BCUT2D eigenvalue weighted by molar-refractivity contribution is -0.136. The zero-order valence-electron chi connectivity index (χ0n) is 24.7. The number of likely N-dealkylation sites (N-methyl/N-ethyl adjacent to an activating group) is 1. The van der Waals surface area contributed by atoms with Gasteiger partial charge in [-0.3, -0.25) is 19.2 Å². The van der Waals surface area contributed by atoms with Crippen LogP contribution in [0.4, 0.5) is 11.4 Å². The van der Waals surface area contributed by atoms with E-state index in [9.17, 15) is 19.2 Å². The molecule has 3 amide bonds. The molecule has 4 aromatic rings. The molecule has 0 fully saturated rings. The molecule has 0 atom stereocenters. The summed E-state index contributed by atoms with van der Waals surface area (Å²) in [5.74, 6) is -1.90. The normalized spacial score (nSPS) is 11.0. The van der Waals surface area contributed by atoms with Crippen molar-refractivity contribution in [1.82, 2.24) is 10.3 Å². The first kappa shape index (κ1) is 33.0. The third-order valence-electron chi connectivity index (χ3n) is 6.81. The third kappa shape index (κ3) is 8.37. The predicted octanol–water partition coefficient (Wildman–Crippen LogP) is 5.66. The van der Waals surface area contributed by atoms with Crippen molar-refractivity contribution in [3.8, 4) is 5.75 Å². The molecule has 3 aromatic carbocycles. The molecule has 0 bridgehead atoms. The van der Waals surface area contributed by atoms with Crippen LogP contribution in [0.1, 0.15) is 23.7 Å². The number of aliphatic carboxylic acids is 1. The van der Waals surface area contributed by atoms with Gasteiger partial charge in [0, 0.05) is 47.4 Å². The van der Waals surface area contributed by atoms with Crippen LogP contribution in [0.3, 0.4) is 0 Å². The molecule has 0 saturated carbocycles. The Balaban J connectivity index is 1.37. The van der Waals surface area contributed by atoms with Gasteiger partial charge in [0.2, 0.25) is 17.7 Å². The van der Waals surface area contributed by atoms with Crippen LogP contribution in [0.5, 0.6) is 5.75 Å². The number of carboxylic acid groups (broad SMARTS) is 1. The molecule has 1 heterocycles. The number of nitrogens with zero attached hydrogens (tertiary/aromatic N) is 3. The van der Waals surface area contributed by atoms with Gasteiger partial charge in [-0.15, -0.1) is 0 Å². The molecule has 0 aliphatic heterocycles. The molecule has 10 nitrogen and oxygen atoms in total. The van der Waals surface area contributed by atoms with Crippen LogP contribution in [0, 0.1) is 6.92 Å². The van der Waals surface area contributed by atoms with Gasteiger partial charge in [-0.2, -0.15) is 0 Å². The van der Waals surface area contributed by atoms with Crippen molar-refractivity contribution < 1.29 is 29.0 Å². The number of benzene rings is 3. The van der Waals surface area contributed by atoms with Gasteiger partial charge in [-0.25, -0.2) is 4.98 Å². The molecule has 0 spiro atoms. The van der Waals surface area contributed by atoms with Gasteiger partial charge in [-0.1, -0.05) is 53.5 Å². The number of carboxylic acids is 1. The SMILES string of the molecule is CC(=O)N(CC(=O)O)c1ccc(/C=C/C(=O)NCC(=O)N(C)c2ccc(Cl)c(COc3cccc4ccc(C)nc34)c2Cl)cc1. The van der Waals surface area contributed by atoms with Crippen LogP contribution in [0.2, 0.25) is 10.0 Å². The van der Waals surface area contributed by atoms with Crippen molar-refractivity contribution in [2.45, 2.75) is 20.5 Å². The quantitative estimate of drug-likeness (QED) is 0.201. The van der Waals surface area contributed by atoms with Gasteiger partial charge in [0.1, 0.15) is 24.4 Å². The number of halogens is 2. The van der Waals surface area contributed by atoms with Crippen molar-refractivity contribution in [2.75, 3.05) is 29.9 Å². The highest BCUT2D eigenvalue weighted by atomic mass is 35.5. The Morgan fingerprint density at radius 2 is 1.73 bits per heavy atom. The lowest BCUT2D eigenvalue weighted by atomic mass is 10.1. The topological polar surface area (TPSA) is 129 Å². The van der Waals surface area contributed by atoms with Crippen LogP contribution in [-0.2, 0) is 25.8 Å². The van der Waals surface area contributed by atoms with E-state index in [4.69, 9.17) is 33.0 Å². The Morgan fingerprint density at radius 3 is 2.42 bits per heavy atom. The molecular weight excluding hydrogens is 619 g/mol. The minimum absolute atomic E-state index is 0.0388. The van der Waals surface area contributed by atoms with E-state index in [-0.39, 0.29) is 18.2 Å². The third-order valence-corrected chi connectivity index (χ3v) is 7.59. The number of rotatable bonds is 11. The summed E-state index contributed by atoms with van der Waals surface area (Å²) in [5, 5.41) is 13.1. The van der Waals surface area contributed by atoms with Gasteiger partial charge in [0.15, 0.2) is 0 Å². The molecule has 0 radical (unpaired) electrons. The Bertz CT molecular complexity index is 1790. The van der Waals surface area contributed by atoms with E-state index >= 15 is 0 Å². The first-order valence-corrected chi connectivity index (χ1v) is 14.5. The molecule has 45 heavy (non-hydrogen) atoms. The Labute approximate surface area is 269 Å². The fraction of sp³-hybridized carbons (Fsp3) is 0.182. The standard InChI is InChI=1S/C33H30Cl2N4O6/c1-20-7-11-23-5-4-6-28(33(23)37-20)45-19-25-26(34)14-15-27(32(25)35)38(3)30(42)17-36-29(41)16-10-22-8-12-24(13-9-22)39(21(2)40)18-31(43)44/h4-16H,17-19H2,1-3H3,(H,36,41)(H,43,44)/b16-10+. The maximum absolute atomic E-state index is 12.9. The van der Waals surface area contributed by atoms with Crippen molar-refractivity contribution in [3.05, 3.63) is 99.7 Å². The van der Waals surface area contributed by atoms with Gasteiger partial charge >= 0.3 is 5.97 Å². The first-order chi connectivity index (χ1) is 21.4. The summed E-state index contributed by atoms with van der Waals surface area (Å²) >= 11 is 13.1. The predicted molar refractivity (Wildman–Crippen MR) is 175 cm³/mol. The average Bonchev–Trinajstić information content (AvgIpc) is 3.01. The molecular formula is C33H30Cl2N4O6. The molecule has 1 aromatic heterocycles. The Hall–Kier alpha value is -4.93. The number of anilines is 2. The summed E-state index contributed by atoms with van der Waals surface area (Å²) in [5.41, 5.74) is 3.50. The van der Waals surface area contributed by atoms with Gasteiger partial charge in [-0.05, 0) is 55.0 Å². The fourth-order valence-corrected chi connectivity index (χ4v) is 5.00. The first-order valence-electron chi connectivity index (χ1n) is 13.7. The summed E-state index contributed by atoms with van der Waals surface area (Å²) in [6, 6.07) is 19.2. The number of aromatic nitrogens is 1. The molecule has 0 saturated heterocycles. The second-order valence-corrected chi connectivity index (χ2v) is 10.8. The number of nitrogens with one attached hydrogen (secondary N) is 1. The summed E-state index contributed by atoms with van der Waals surface area (Å²) in [4.78, 5) is 55.2. The number of amides is 3. The van der Waals surface area contributed by atoms with Crippen molar-refractivity contribution in [1.29, 1.82) is 0 Å². The zero-order valence-corrected chi connectivity index (χ0v) is 26.2. The molecule has 0 aliphatic carbocycles. The maximum atomic E-state index is 12.9. The van der Waals surface area contributed by atoms with Gasteiger partial charge in [0.25, 0.3) is 0 Å². The van der Waals surface area contributed by atoms with E-state index in [1.165, 1.54) is 31.0 Å². The number of carbonyl (C=O) groups excluding carboxylic acids is 3. The minimum Gasteiger partial charge on any atom is -0.487 e. The summed E-state index contributed by atoms with van der Waals surface area (Å²) in [6.07, 6.45) is 2.79. The van der Waals surface area contributed by atoms with Crippen molar-refractivity contribution >= 4 is 75.2 Å². The molecule has 4 rings (SSSR count). The number of ether oxygens (including phenoxy) is 1. The number of carbonyl (C=O) groups is 4. The Morgan fingerprint density at radius 1 is 1.00 bits per heavy atom. The smallest absolute Gasteiger partial charge is 0.323 e. The number of fused-ring (bicyclic) bond motifs is 1. The Kier molecular flexibility index (Phi) is 10.8. The summed E-state index contributed by atoms with van der Waals surface area (Å²) in [7, 11) is 1.54. The molecule has 0 aliphatic rings. The van der Waals surface area contributed by atoms with E-state index < -0.39 is 30.2 Å². The summed E-state index contributed by atoms with van der Waals surface area (Å²) in [6.45, 7) is 2.45. The highest BCUT2D eigenvalue weighted by Crippen LogP contribution is 2.35. The fourth-order valence-electron chi connectivity index (χ4n) is 4.39. The van der Waals surface area contributed by atoms with Crippen molar-refractivity contribution in [2.24, 2.45) is 0 Å². The second-order valence-electron chi connectivity index (χ2n) is 10.0. The monoisotopic (exact) mass is 648 g/mol.